The topological polar surface area (TPSA) is 48.5 Å². The van der Waals surface area contributed by atoms with E-state index in [1.165, 1.54) is 5.56 Å². The van der Waals surface area contributed by atoms with Gasteiger partial charge in [-0.05, 0) is 24.6 Å². The van der Waals surface area contributed by atoms with E-state index in [0.29, 0.717) is 5.56 Å². The number of benzene rings is 1. The van der Waals surface area contributed by atoms with Crippen LogP contribution in [0.25, 0.3) is 0 Å². The van der Waals surface area contributed by atoms with Crippen molar-refractivity contribution in [1.82, 2.24) is 20.1 Å². The zero-order valence-corrected chi connectivity index (χ0v) is 14.8. The summed E-state index contributed by atoms with van der Waals surface area (Å²) in [4.78, 5) is 21.1. The summed E-state index contributed by atoms with van der Waals surface area (Å²) in [6, 6.07) is 14.3. The number of carbonyl (C=O) groups is 1. The van der Waals surface area contributed by atoms with Gasteiger partial charge in [-0.2, -0.15) is 0 Å². The van der Waals surface area contributed by atoms with Crippen molar-refractivity contribution in [3.05, 3.63) is 66.0 Å². The fourth-order valence-electron chi connectivity index (χ4n) is 3.21. The molecule has 0 unspecified atom stereocenters. The lowest BCUT2D eigenvalue weighted by molar-refractivity contribution is 0.0900. The molecule has 5 heteroatoms. The van der Waals surface area contributed by atoms with Crippen molar-refractivity contribution in [2.24, 2.45) is 0 Å². The van der Waals surface area contributed by atoms with Crippen LogP contribution in [-0.2, 0) is 6.54 Å². The average Bonchev–Trinajstić information content (AvgIpc) is 2.65. The fourth-order valence-corrected chi connectivity index (χ4v) is 3.21. The van der Waals surface area contributed by atoms with Gasteiger partial charge in [-0.1, -0.05) is 30.3 Å². The maximum Gasteiger partial charge on any atom is 0.253 e. The largest absolute Gasteiger partial charge is 0.348 e. The molecule has 3 rings (SSSR count). The highest BCUT2D eigenvalue weighted by atomic mass is 16.1. The lowest BCUT2D eigenvalue weighted by Crippen LogP contribution is -2.50. The van der Waals surface area contributed by atoms with Gasteiger partial charge in [-0.25, -0.2) is 0 Å². The Morgan fingerprint density at radius 1 is 1.08 bits per heavy atom. The fraction of sp³-hybridized carbons (Fsp3) is 0.400. The zero-order valence-electron chi connectivity index (χ0n) is 14.8. The molecule has 0 bridgehead atoms. The molecule has 1 amide bonds. The molecule has 25 heavy (non-hydrogen) atoms. The van der Waals surface area contributed by atoms with Gasteiger partial charge < -0.3 is 5.32 Å². The monoisotopic (exact) mass is 338 g/mol. The van der Waals surface area contributed by atoms with Crippen molar-refractivity contribution in [2.75, 3.05) is 32.7 Å². The molecule has 1 N–H and O–H groups in total. The van der Waals surface area contributed by atoms with Crippen LogP contribution in [-0.4, -0.2) is 59.5 Å². The first-order valence-corrected chi connectivity index (χ1v) is 8.90. The first-order valence-electron chi connectivity index (χ1n) is 8.90. The van der Waals surface area contributed by atoms with Gasteiger partial charge >= 0.3 is 0 Å². The molecule has 1 aliphatic heterocycles. The van der Waals surface area contributed by atoms with E-state index in [-0.39, 0.29) is 11.9 Å². The minimum Gasteiger partial charge on any atom is -0.348 e. The van der Waals surface area contributed by atoms with E-state index in [1.807, 2.05) is 0 Å². The number of hydrogen-bond donors (Lipinski definition) is 1. The van der Waals surface area contributed by atoms with Crippen LogP contribution in [0.15, 0.2) is 54.9 Å². The summed E-state index contributed by atoms with van der Waals surface area (Å²) in [5.41, 5.74) is 1.98. The summed E-state index contributed by atoms with van der Waals surface area (Å²) < 4.78 is 0. The van der Waals surface area contributed by atoms with Gasteiger partial charge in [0.05, 0.1) is 5.56 Å². The molecule has 1 aromatic heterocycles. The molecule has 1 atom stereocenters. The number of nitrogens with zero attached hydrogens (tertiary/aromatic N) is 3. The molecule has 0 radical (unpaired) electrons. The molecule has 5 nitrogen and oxygen atoms in total. The Hall–Kier alpha value is -2.24. The zero-order chi connectivity index (χ0) is 17.5. The number of hydrogen-bond acceptors (Lipinski definition) is 4. The number of pyridine rings is 1. The average molecular weight is 338 g/mol. The Bertz CT molecular complexity index is 654. The van der Waals surface area contributed by atoms with E-state index in [1.54, 1.807) is 24.5 Å². The standard InChI is InChI=1S/C20H26N4O/c1-17(22-20(25)19-8-5-9-21-14-19)15-23-10-12-24(13-11-23)16-18-6-3-2-4-7-18/h2-9,14,17H,10-13,15-16H2,1H3,(H,22,25)/t17-/m0/s1. The highest BCUT2D eigenvalue weighted by Crippen LogP contribution is 2.09. The lowest BCUT2D eigenvalue weighted by Gasteiger charge is -2.36. The van der Waals surface area contributed by atoms with Crippen LogP contribution in [0.3, 0.4) is 0 Å². The van der Waals surface area contributed by atoms with Gasteiger partial charge in [0.1, 0.15) is 0 Å². The highest BCUT2D eigenvalue weighted by Gasteiger charge is 2.19. The van der Waals surface area contributed by atoms with Crippen LogP contribution in [0, 0.1) is 0 Å². The maximum absolute atomic E-state index is 12.2. The van der Waals surface area contributed by atoms with Gasteiger partial charge in [0.25, 0.3) is 5.91 Å². The Labute approximate surface area is 149 Å². The van der Waals surface area contributed by atoms with Crippen molar-refractivity contribution < 1.29 is 4.79 Å². The van der Waals surface area contributed by atoms with E-state index in [9.17, 15) is 4.79 Å². The van der Waals surface area contributed by atoms with Crippen molar-refractivity contribution in [2.45, 2.75) is 19.5 Å². The normalized spacial score (nSPS) is 17.2. The third kappa shape index (κ3) is 5.37. The SMILES string of the molecule is C[C@@H](CN1CCN(Cc2ccccc2)CC1)NC(=O)c1cccnc1. The first-order chi connectivity index (χ1) is 12.2. The first kappa shape index (κ1) is 17.6. The summed E-state index contributed by atoms with van der Waals surface area (Å²) in [6.45, 7) is 8.17. The van der Waals surface area contributed by atoms with Crippen molar-refractivity contribution in [1.29, 1.82) is 0 Å². The van der Waals surface area contributed by atoms with E-state index in [4.69, 9.17) is 0 Å². The number of rotatable bonds is 6. The molecule has 2 aromatic rings. The Morgan fingerprint density at radius 2 is 1.80 bits per heavy atom. The molecular formula is C20H26N4O. The number of aromatic nitrogens is 1. The van der Waals surface area contributed by atoms with Crippen molar-refractivity contribution in [3.8, 4) is 0 Å². The van der Waals surface area contributed by atoms with E-state index in [2.05, 4.69) is 57.4 Å². The molecule has 1 aromatic carbocycles. The summed E-state index contributed by atoms with van der Waals surface area (Å²) in [5, 5.41) is 3.06. The van der Waals surface area contributed by atoms with Crippen LogP contribution < -0.4 is 5.32 Å². The Morgan fingerprint density at radius 3 is 2.48 bits per heavy atom. The molecular weight excluding hydrogens is 312 g/mol. The maximum atomic E-state index is 12.2. The quantitative estimate of drug-likeness (QED) is 0.875. The molecule has 1 aliphatic rings. The number of nitrogens with one attached hydrogen (secondary N) is 1. The van der Waals surface area contributed by atoms with Crippen LogP contribution >= 0.6 is 0 Å². The number of carbonyl (C=O) groups excluding carboxylic acids is 1. The molecule has 1 fully saturated rings. The Kier molecular flexibility index (Phi) is 6.14. The minimum absolute atomic E-state index is 0.0525. The van der Waals surface area contributed by atoms with Gasteiger partial charge in [-0.15, -0.1) is 0 Å². The second-order valence-corrected chi connectivity index (χ2v) is 6.68. The summed E-state index contributed by atoms with van der Waals surface area (Å²) >= 11 is 0. The number of amides is 1. The molecule has 1 saturated heterocycles. The second kappa shape index (κ2) is 8.74. The van der Waals surface area contributed by atoms with Crippen molar-refractivity contribution >= 4 is 5.91 Å². The predicted molar refractivity (Wildman–Crippen MR) is 99.3 cm³/mol. The van der Waals surface area contributed by atoms with E-state index < -0.39 is 0 Å². The molecule has 0 spiro atoms. The Balaban J connectivity index is 1.40. The van der Waals surface area contributed by atoms with E-state index in [0.717, 1.165) is 39.3 Å². The molecule has 132 valence electrons. The third-order valence-electron chi connectivity index (χ3n) is 4.55. The molecule has 0 aliphatic carbocycles. The number of piperazine rings is 1. The third-order valence-corrected chi connectivity index (χ3v) is 4.55. The summed E-state index contributed by atoms with van der Waals surface area (Å²) in [7, 11) is 0. The second-order valence-electron chi connectivity index (χ2n) is 6.68. The molecule has 2 heterocycles. The van der Waals surface area contributed by atoms with Crippen LogP contribution in [0.1, 0.15) is 22.8 Å². The van der Waals surface area contributed by atoms with Gasteiger partial charge in [0.15, 0.2) is 0 Å². The van der Waals surface area contributed by atoms with Crippen molar-refractivity contribution in [3.63, 3.8) is 0 Å². The van der Waals surface area contributed by atoms with E-state index >= 15 is 0 Å². The summed E-state index contributed by atoms with van der Waals surface area (Å²) in [6.07, 6.45) is 3.28. The summed E-state index contributed by atoms with van der Waals surface area (Å²) in [5.74, 6) is -0.0525. The van der Waals surface area contributed by atoms with Gasteiger partial charge in [0, 0.05) is 57.7 Å². The van der Waals surface area contributed by atoms with Crippen LogP contribution in [0.5, 0.6) is 0 Å². The smallest absolute Gasteiger partial charge is 0.253 e. The minimum atomic E-state index is -0.0525. The van der Waals surface area contributed by atoms with Crippen LogP contribution in [0.4, 0.5) is 0 Å². The lowest BCUT2D eigenvalue weighted by atomic mass is 10.2. The molecule has 0 saturated carbocycles. The predicted octanol–water partition coefficient (Wildman–Crippen LogP) is 2.02. The van der Waals surface area contributed by atoms with Gasteiger partial charge in [0.2, 0.25) is 0 Å². The van der Waals surface area contributed by atoms with Crippen LogP contribution in [0.2, 0.25) is 0 Å². The van der Waals surface area contributed by atoms with Gasteiger partial charge in [-0.3, -0.25) is 19.6 Å². The highest BCUT2D eigenvalue weighted by molar-refractivity contribution is 5.93.